The monoisotopic (exact) mass is 234 g/mol. The van der Waals surface area contributed by atoms with Crippen LogP contribution in [0.1, 0.15) is 25.3 Å². The molecule has 1 atom stereocenters. The maximum absolute atomic E-state index is 11.4. The molecule has 0 spiro atoms. The summed E-state index contributed by atoms with van der Waals surface area (Å²) in [6.45, 7) is 0. The fourth-order valence-corrected chi connectivity index (χ4v) is 2.64. The number of carbonyl (C=O) groups is 1. The van der Waals surface area contributed by atoms with E-state index in [0.717, 1.165) is 29.0 Å². The molecule has 1 N–H and O–H groups in total. The second kappa shape index (κ2) is 3.63. The SMILES string of the molecule is [2H]C1=C2c3ccc(Cl)cc3CCC2NC(=O)C1. The summed E-state index contributed by atoms with van der Waals surface area (Å²) in [5.74, 6) is -0.0406. The van der Waals surface area contributed by atoms with Gasteiger partial charge in [0, 0.05) is 11.4 Å². The number of aryl methyl sites for hydroxylation is 1. The van der Waals surface area contributed by atoms with E-state index >= 15 is 0 Å². The Morgan fingerprint density at radius 3 is 3.25 bits per heavy atom. The molecule has 1 aliphatic heterocycles. The molecule has 1 aliphatic carbocycles. The topological polar surface area (TPSA) is 29.1 Å². The van der Waals surface area contributed by atoms with E-state index in [1.807, 2.05) is 18.2 Å². The van der Waals surface area contributed by atoms with E-state index < -0.39 is 0 Å². The molecular weight excluding hydrogens is 222 g/mol. The highest BCUT2D eigenvalue weighted by atomic mass is 35.5. The Bertz CT molecular complexity index is 538. The highest BCUT2D eigenvalue weighted by Crippen LogP contribution is 2.34. The van der Waals surface area contributed by atoms with E-state index in [-0.39, 0.29) is 18.4 Å². The number of hydrogen-bond acceptors (Lipinski definition) is 1. The molecule has 0 saturated heterocycles. The van der Waals surface area contributed by atoms with E-state index in [9.17, 15) is 4.79 Å². The highest BCUT2D eigenvalue weighted by molar-refractivity contribution is 6.30. The highest BCUT2D eigenvalue weighted by Gasteiger charge is 2.27. The van der Waals surface area contributed by atoms with Gasteiger partial charge in [-0.2, -0.15) is 0 Å². The van der Waals surface area contributed by atoms with Crippen LogP contribution in [0.5, 0.6) is 0 Å². The van der Waals surface area contributed by atoms with Crippen molar-refractivity contribution in [2.45, 2.75) is 25.3 Å². The summed E-state index contributed by atoms with van der Waals surface area (Å²) in [4.78, 5) is 11.4. The lowest BCUT2D eigenvalue weighted by molar-refractivity contribution is -0.120. The van der Waals surface area contributed by atoms with Crippen LogP contribution >= 0.6 is 11.6 Å². The third-order valence-corrected chi connectivity index (χ3v) is 3.42. The van der Waals surface area contributed by atoms with Crippen LogP contribution < -0.4 is 5.32 Å². The molecule has 3 heteroatoms. The normalized spacial score (nSPS) is 24.4. The Labute approximate surface area is 101 Å². The lowest BCUT2D eigenvalue weighted by atomic mass is 9.82. The van der Waals surface area contributed by atoms with Gasteiger partial charge >= 0.3 is 0 Å². The second-order valence-corrected chi connectivity index (χ2v) is 4.66. The first kappa shape index (κ1) is 8.82. The van der Waals surface area contributed by atoms with Crippen molar-refractivity contribution >= 4 is 23.1 Å². The molecule has 0 fully saturated rings. The third kappa shape index (κ3) is 1.54. The number of rotatable bonds is 0. The van der Waals surface area contributed by atoms with Crippen LogP contribution in [0.3, 0.4) is 0 Å². The summed E-state index contributed by atoms with van der Waals surface area (Å²) >= 11 is 5.98. The lowest BCUT2D eigenvalue weighted by Crippen LogP contribution is -2.40. The van der Waals surface area contributed by atoms with E-state index in [0.29, 0.717) is 6.05 Å². The van der Waals surface area contributed by atoms with Gasteiger partial charge in [0.05, 0.1) is 7.41 Å². The van der Waals surface area contributed by atoms with Crippen LogP contribution in [0.4, 0.5) is 0 Å². The first-order chi connectivity index (χ1) is 8.15. The van der Waals surface area contributed by atoms with Crippen LogP contribution in [0.15, 0.2) is 24.3 Å². The molecule has 0 saturated carbocycles. The number of carbonyl (C=O) groups excluding carboxylic acids is 1. The number of benzene rings is 1. The quantitative estimate of drug-likeness (QED) is 0.735. The van der Waals surface area contributed by atoms with Gasteiger partial charge < -0.3 is 5.32 Å². The van der Waals surface area contributed by atoms with Gasteiger partial charge in [-0.1, -0.05) is 23.7 Å². The third-order valence-electron chi connectivity index (χ3n) is 3.18. The minimum atomic E-state index is -0.0406. The fraction of sp³-hybridized carbons (Fsp3) is 0.308. The molecule has 82 valence electrons. The molecule has 2 aliphatic rings. The minimum Gasteiger partial charge on any atom is -0.349 e. The van der Waals surface area contributed by atoms with Gasteiger partial charge in [-0.05, 0) is 41.7 Å². The van der Waals surface area contributed by atoms with Gasteiger partial charge in [-0.25, -0.2) is 0 Å². The van der Waals surface area contributed by atoms with E-state index in [2.05, 4.69) is 5.32 Å². The van der Waals surface area contributed by atoms with Gasteiger partial charge in [0.2, 0.25) is 5.91 Å². The Hall–Kier alpha value is -1.28. The van der Waals surface area contributed by atoms with Gasteiger partial charge in [-0.15, -0.1) is 0 Å². The van der Waals surface area contributed by atoms with Crippen molar-refractivity contribution in [3.8, 4) is 0 Å². The Morgan fingerprint density at radius 2 is 2.38 bits per heavy atom. The molecule has 2 nitrogen and oxygen atoms in total. The first-order valence-electron chi connectivity index (χ1n) is 5.93. The van der Waals surface area contributed by atoms with Gasteiger partial charge in [0.25, 0.3) is 0 Å². The molecule has 16 heavy (non-hydrogen) atoms. The molecule has 1 aromatic rings. The van der Waals surface area contributed by atoms with Crippen LogP contribution in [0.2, 0.25) is 5.02 Å². The molecule has 3 rings (SSSR count). The molecule has 1 heterocycles. The number of halogens is 1. The Kier molecular flexibility index (Phi) is 2.00. The second-order valence-electron chi connectivity index (χ2n) is 4.23. The molecule has 1 aromatic carbocycles. The number of fused-ring (bicyclic) bond motifs is 3. The molecular formula is C13H12ClNO. The molecule has 0 aromatic heterocycles. The van der Waals surface area contributed by atoms with Crippen molar-refractivity contribution in [3.05, 3.63) is 40.4 Å². The minimum absolute atomic E-state index is 0.0115. The lowest BCUT2D eigenvalue weighted by Gasteiger charge is -2.31. The van der Waals surface area contributed by atoms with E-state index in [1.54, 1.807) is 0 Å². The van der Waals surface area contributed by atoms with E-state index in [1.165, 1.54) is 5.56 Å². The van der Waals surface area contributed by atoms with E-state index in [4.69, 9.17) is 13.0 Å². The molecule has 1 amide bonds. The summed E-state index contributed by atoms with van der Waals surface area (Å²) in [5, 5.41) is 3.69. The van der Waals surface area contributed by atoms with Crippen molar-refractivity contribution < 1.29 is 6.17 Å². The van der Waals surface area contributed by atoms with Crippen LogP contribution in [0.25, 0.3) is 5.57 Å². The largest absolute Gasteiger partial charge is 0.349 e. The maximum atomic E-state index is 11.4. The zero-order chi connectivity index (χ0) is 12.0. The standard InChI is InChI=1S/C13H12ClNO/c14-9-2-3-10-8(7-9)1-5-12-11(10)4-6-13(16)15-12/h2-4,7,12H,1,5-6H2,(H,15,16)/i4D. The molecule has 1 unspecified atom stereocenters. The first-order valence-corrected chi connectivity index (χ1v) is 5.81. The smallest absolute Gasteiger partial charge is 0.224 e. The van der Waals surface area contributed by atoms with Crippen molar-refractivity contribution in [3.63, 3.8) is 0 Å². The maximum Gasteiger partial charge on any atom is 0.224 e. The Balaban J connectivity index is 2.16. The predicted octanol–water partition coefficient (Wildman–Crippen LogP) is 2.56. The average Bonchev–Trinajstić information content (AvgIpc) is 2.28. The summed E-state index contributed by atoms with van der Waals surface area (Å²) < 4.78 is 8.00. The fourth-order valence-electron chi connectivity index (χ4n) is 2.45. The van der Waals surface area contributed by atoms with Crippen LogP contribution in [-0.2, 0) is 11.2 Å². The van der Waals surface area contributed by atoms with Crippen molar-refractivity contribution in [1.29, 1.82) is 0 Å². The zero-order valence-corrected chi connectivity index (χ0v) is 9.47. The summed E-state index contributed by atoms with van der Waals surface area (Å²) in [6, 6.07) is 6.23. The summed E-state index contributed by atoms with van der Waals surface area (Å²) in [5.41, 5.74) is 3.24. The zero-order valence-electron chi connectivity index (χ0n) is 9.72. The van der Waals surface area contributed by atoms with Gasteiger partial charge in [-0.3, -0.25) is 4.79 Å². The van der Waals surface area contributed by atoms with Crippen molar-refractivity contribution in [1.82, 2.24) is 5.32 Å². The number of hydrogen-bond donors (Lipinski definition) is 1. The summed E-state index contributed by atoms with van der Waals surface area (Å²) in [6.07, 6.45) is 1.95. The summed E-state index contributed by atoms with van der Waals surface area (Å²) in [7, 11) is 0. The van der Waals surface area contributed by atoms with Gasteiger partial charge in [0.15, 0.2) is 0 Å². The molecule has 0 bridgehead atoms. The van der Waals surface area contributed by atoms with Crippen molar-refractivity contribution in [2.24, 2.45) is 0 Å². The number of nitrogens with one attached hydrogen (secondary N) is 1. The Morgan fingerprint density at radius 1 is 1.50 bits per heavy atom. The van der Waals surface area contributed by atoms with Crippen molar-refractivity contribution in [2.75, 3.05) is 0 Å². The molecule has 0 radical (unpaired) electrons. The number of amides is 1. The predicted molar refractivity (Wildman–Crippen MR) is 64.3 cm³/mol. The van der Waals surface area contributed by atoms with Gasteiger partial charge in [0.1, 0.15) is 0 Å². The van der Waals surface area contributed by atoms with Crippen LogP contribution in [0, 0.1) is 0 Å². The average molecular weight is 235 g/mol. The van der Waals surface area contributed by atoms with Crippen LogP contribution in [-0.4, -0.2) is 11.9 Å².